The summed E-state index contributed by atoms with van der Waals surface area (Å²) in [6.45, 7) is 2.11. The van der Waals surface area contributed by atoms with Gasteiger partial charge in [0.15, 0.2) is 0 Å². The zero-order valence-corrected chi connectivity index (χ0v) is 12.5. The Labute approximate surface area is 119 Å². The zero-order valence-electron chi connectivity index (χ0n) is 10.1. The lowest BCUT2D eigenvalue weighted by molar-refractivity contribution is 0.199. The van der Waals surface area contributed by atoms with E-state index in [2.05, 4.69) is 21.4 Å². The highest BCUT2D eigenvalue weighted by atomic mass is 79.9. The van der Waals surface area contributed by atoms with Crippen molar-refractivity contribution >= 4 is 32.0 Å². The number of hydrogen-bond acceptors (Lipinski definition) is 4. The first-order chi connectivity index (χ1) is 8.90. The third-order valence-electron chi connectivity index (χ3n) is 2.48. The van der Waals surface area contributed by atoms with Crippen molar-refractivity contribution in [3.63, 3.8) is 0 Å². The number of nitrogens with one attached hydrogen (secondary N) is 2. The Hall–Kier alpha value is -1.54. The maximum Gasteiger partial charge on any atom is 0.350 e. The molecule has 1 aromatic rings. The Morgan fingerprint density at radius 2 is 2.11 bits per heavy atom. The fourth-order valence-electron chi connectivity index (χ4n) is 1.55. The summed E-state index contributed by atoms with van der Waals surface area (Å²) in [6.07, 6.45) is 1.78. The van der Waals surface area contributed by atoms with Crippen molar-refractivity contribution in [3.8, 4) is 0 Å². The minimum Gasteiger partial charge on any atom is -0.299 e. The predicted molar refractivity (Wildman–Crippen MR) is 73.5 cm³/mol. The van der Waals surface area contributed by atoms with Gasteiger partial charge in [-0.05, 0) is 41.1 Å². The van der Waals surface area contributed by atoms with Crippen LogP contribution < -0.4 is 10.1 Å². The standard InChI is InChI=1S/C11H12BrN3O3S/c1-8-6-7-15(13-8)11(16)14-19(17,18)10-5-3-2-4-9(10)12/h2-6,13H,7H2,1H3,(H,14,16). The number of halogens is 1. The topological polar surface area (TPSA) is 78.5 Å². The van der Waals surface area contributed by atoms with Crippen molar-refractivity contribution < 1.29 is 13.2 Å². The van der Waals surface area contributed by atoms with Gasteiger partial charge in [0.05, 0.1) is 6.54 Å². The molecule has 0 aliphatic carbocycles. The molecule has 0 spiro atoms. The third-order valence-corrected chi connectivity index (χ3v) is 4.82. The van der Waals surface area contributed by atoms with Gasteiger partial charge < -0.3 is 0 Å². The number of nitrogens with zero attached hydrogens (tertiary/aromatic N) is 1. The smallest absolute Gasteiger partial charge is 0.299 e. The molecular formula is C11H12BrN3O3S. The molecule has 0 fully saturated rings. The van der Waals surface area contributed by atoms with Crippen molar-refractivity contribution in [2.45, 2.75) is 11.8 Å². The van der Waals surface area contributed by atoms with Gasteiger partial charge in [0.25, 0.3) is 10.0 Å². The monoisotopic (exact) mass is 345 g/mol. The summed E-state index contributed by atoms with van der Waals surface area (Å²) in [5.74, 6) is 0. The third kappa shape index (κ3) is 3.07. The number of urea groups is 1. The van der Waals surface area contributed by atoms with Crippen LogP contribution in [-0.4, -0.2) is 26.0 Å². The largest absolute Gasteiger partial charge is 0.350 e. The number of rotatable bonds is 2. The van der Waals surface area contributed by atoms with Crippen LogP contribution in [0.15, 0.2) is 45.4 Å². The van der Waals surface area contributed by atoms with Gasteiger partial charge in [-0.3, -0.25) is 5.43 Å². The van der Waals surface area contributed by atoms with E-state index in [-0.39, 0.29) is 4.90 Å². The van der Waals surface area contributed by atoms with Crippen LogP contribution in [0.2, 0.25) is 0 Å². The number of allylic oxidation sites excluding steroid dienone is 1. The number of sulfonamides is 1. The first kappa shape index (κ1) is 13.9. The molecule has 0 unspecified atom stereocenters. The van der Waals surface area contributed by atoms with Crippen LogP contribution >= 0.6 is 15.9 Å². The first-order valence-corrected chi connectivity index (χ1v) is 7.70. The number of amides is 2. The van der Waals surface area contributed by atoms with Crippen molar-refractivity contribution in [2.75, 3.05) is 6.54 Å². The average molecular weight is 346 g/mol. The Kier molecular flexibility index (Phi) is 3.81. The number of carbonyl (C=O) groups excluding carboxylic acids is 1. The van der Waals surface area contributed by atoms with Gasteiger partial charge in [-0.25, -0.2) is 22.9 Å². The molecule has 1 aliphatic rings. The minimum absolute atomic E-state index is 0.0206. The summed E-state index contributed by atoms with van der Waals surface area (Å²) >= 11 is 3.15. The van der Waals surface area contributed by atoms with Gasteiger partial charge in [0.1, 0.15) is 4.90 Å². The summed E-state index contributed by atoms with van der Waals surface area (Å²) in [5.41, 5.74) is 3.55. The number of benzene rings is 1. The van der Waals surface area contributed by atoms with Crippen LogP contribution in [-0.2, 0) is 10.0 Å². The van der Waals surface area contributed by atoms with E-state index in [0.29, 0.717) is 11.0 Å². The summed E-state index contributed by atoms with van der Waals surface area (Å²) < 4.78 is 26.5. The Balaban J connectivity index is 2.15. The Morgan fingerprint density at radius 3 is 2.68 bits per heavy atom. The predicted octanol–water partition coefficient (Wildman–Crippen LogP) is 1.57. The van der Waals surface area contributed by atoms with E-state index in [4.69, 9.17) is 0 Å². The van der Waals surface area contributed by atoms with Gasteiger partial charge in [-0.1, -0.05) is 12.1 Å². The van der Waals surface area contributed by atoms with E-state index >= 15 is 0 Å². The second kappa shape index (κ2) is 5.22. The lowest BCUT2D eigenvalue weighted by Gasteiger charge is -2.18. The van der Waals surface area contributed by atoms with Gasteiger partial charge in [0, 0.05) is 10.2 Å². The molecule has 2 rings (SSSR count). The number of hydrogen-bond donors (Lipinski definition) is 2. The lowest BCUT2D eigenvalue weighted by Crippen LogP contribution is -2.46. The van der Waals surface area contributed by atoms with E-state index in [1.807, 2.05) is 4.72 Å². The molecular weight excluding hydrogens is 334 g/mol. The molecule has 1 aromatic carbocycles. The zero-order chi connectivity index (χ0) is 14.0. The second-order valence-electron chi connectivity index (χ2n) is 3.95. The second-order valence-corrected chi connectivity index (χ2v) is 6.46. The van der Waals surface area contributed by atoms with Crippen LogP contribution in [0.25, 0.3) is 0 Å². The van der Waals surface area contributed by atoms with Gasteiger partial charge in [0.2, 0.25) is 0 Å². The molecule has 0 saturated carbocycles. The van der Waals surface area contributed by atoms with Crippen molar-refractivity contribution in [1.82, 2.24) is 15.2 Å². The summed E-state index contributed by atoms with van der Waals surface area (Å²) in [7, 11) is -3.90. The molecule has 2 N–H and O–H groups in total. The van der Waals surface area contributed by atoms with Crippen molar-refractivity contribution in [1.29, 1.82) is 0 Å². The maximum atomic E-state index is 12.1. The molecule has 2 amide bonds. The Morgan fingerprint density at radius 1 is 1.42 bits per heavy atom. The minimum atomic E-state index is -3.90. The molecule has 0 radical (unpaired) electrons. The number of hydrazine groups is 1. The van der Waals surface area contributed by atoms with Crippen LogP contribution in [0.5, 0.6) is 0 Å². The summed E-state index contributed by atoms with van der Waals surface area (Å²) in [4.78, 5) is 11.8. The van der Waals surface area contributed by atoms with Gasteiger partial charge >= 0.3 is 6.03 Å². The van der Waals surface area contributed by atoms with E-state index in [1.54, 1.807) is 31.2 Å². The molecule has 6 nitrogen and oxygen atoms in total. The quantitative estimate of drug-likeness (QED) is 0.852. The van der Waals surface area contributed by atoms with Crippen molar-refractivity contribution in [2.24, 2.45) is 0 Å². The van der Waals surface area contributed by atoms with Crippen molar-refractivity contribution in [3.05, 3.63) is 40.5 Å². The van der Waals surface area contributed by atoms with Crippen LogP contribution in [0, 0.1) is 0 Å². The molecule has 0 saturated heterocycles. The normalized spacial score (nSPS) is 14.8. The highest BCUT2D eigenvalue weighted by molar-refractivity contribution is 9.10. The average Bonchev–Trinajstić information content (AvgIpc) is 2.76. The first-order valence-electron chi connectivity index (χ1n) is 5.42. The van der Waals surface area contributed by atoms with Crippen LogP contribution in [0.4, 0.5) is 4.79 Å². The SMILES string of the molecule is CC1=CCN(C(=O)NS(=O)(=O)c2ccccc2Br)N1. The highest BCUT2D eigenvalue weighted by Crippen LogP contribution is 2.21. The fourth-order valence-corrected chi connectivity index (χ4v) is 3.51. The molecule has 1 heterocycles. The molecule has 102 valence electrons. The van der Waals surface area contributed by atoms with E-state index in [0.717, 1.165) is 5.70 Å². The fraction of sp³-hybridized carbons (Fsp3) is 0.182. The van der Waals surface area contributed by atoms with E-state index in [1.165, 1.54) is 11.1 Å². The van der Waals surface area contributed by atoms with E-state index in [9.17, 15) is 13.2 Å². The summed E-state index contributed by atoms with van der Waals surface area (Å²) in [5, 5.41) is 1.18. The van der Waals surface area contributed by atoms with E-state index < -0.39 is 16.1 Å². The maximum absolute atomic E-state index is 12.1. The molecule has 8 heteroatoms. The summed E-state index contributed by atoms with van der Waals surface area (Å²) in [6, 6.07) is 5.58. The molecule has 0 bridgehead atoms. The molecule has 19 heavy (non-hydrogen) atoms. The number of carbonyl (C=O) groups is 1. The lowest BCUT2D eigenvalue weighted by atomic mass is 10.4. The van der Waals surface area contributed by atoms with Crippen LogP contribution in [0.1, 0.15) is 6.92 Å². The van der Waals surface area contributed by atoms with Gasteiger partial charge in [-0.15, -0.1) is 0 Å². The Bertz CT molecular complexity index is 642. The highest BCUT2D eigenvalue weighted by Gasteiger charge is 2.24. The van der Waals surface area contributed by atoms with Crippen LogP contribution in [0.3, 0.4) is 0 Å². The molecule has 0 aromatic heterocycles. The van der Waals surface area contributed by atoms with Gasteiger partial charge in [-0.2, -0.15) is 0 Å². The molecule has 1 aliphatic heterocycles. The molecule has 0 atom stereocenters.